The van der Waals surface area contributed by atoms with Crippen LogP contribution in [-0.2, 0) is 16.1 Å². The zero-order valence-corrected chi connectivity index (χ0v) is 20.0. The minimum Gasteiger partial charge on any atom is -0.475 e. The Labute approximate surface area is 210 Å². The maximum absolute atomic E-state index is 12.9. The van der Waals surface area contributed by atoms with Gasteiger partial charge in [-0.05, 0) is 35.7 Å². The Morgan fingerprint density at radius 3 is 2.56 bits per heavy atom. The Kier molecular flexibility index (Phi) is 7.18. The number of piperazine rings is 1. The van der Waals surface area contributed by atoms with Crippen molar-refractivity contribution in [2.45, 2.75) is 12.7 Å². The number of rotatable bonds is 3. The Balaban J connectivity index is 0.000000384. The molecule has 4 aromatic rings. The van der Waals surface area contributed by atoms with Crippen molar-refractivity contribution < 1.29 is 32.7 Å². The molecule has 3 aromatic heterocycles. The molecule has 0 atom stereocenters. The largest absolute Gasteiger partial charge is 0.490 e. The maximum Gasteiger partial charge on any atom is 0.490 e. The number of carboxylic acids is 1. The number of aromatic amines is 1. The first-order valence-corrected chi connectivity index (χ1v) is 11.7. The molecule has 0 bridgehead atoms. The number of amides is 2. The van der Waals surface area contributed by atoms with Crippen molar-refractivity contribution in [3.05, 3.63) is 64.4 Å². The molecule has 8 nitrogen and oxygen atoms in total. The molecule has 1 aromatic carbocycles. The van der Waals surface area contributed by atoms with E-state index in [9.17, 15) is 22.8 Å². The van der Waals surface area contributed by atoms with Crippen LogP contribution in [0.4, 0.5) is 13.2 Å². The van der Waals surface area contributed by atoms with Crippen LogP contribution in [0.15, 0.2) is 48.8 Å². The summed E-state index contributed by atoms with van der Waals surface area (Å²) >= 11 is 7.45. The molecule has 1 aliphatic heterocycles. The summed E-state index contributed by atoms with van der Waals surface area (Å²) in [6.45, 7) is 1.61. The van der Waals surface area contributed by atoms with Crippen molar-refractivity contribution in [1.29, 1.82) is 0 Å². The molecule has 0 spiro atoms. The lowest BCUT2D eigenvalue weighted by Gasteiger charge is -2.33. The van der Waals surface area contributed by atoms with Gasteiger partial charge in [-0.1, -0.05) is 17.7 Å². The Hall–Kier alpha value is -3.64. The van der Waals surface area contributed by atoms with Gasteiger partial charge in [-0.3, -0.25) is 14.6 Å². The van der Waals surface area contributed by atoms with E-state index in [2.05, 4.69) is 9.97 Å². The Morgan fingerprint density at radius 1 is 1.14 bits per heavy atom. The van der Waals surface area contributed by atoms with Crippen molar-refractivity contribution in [3.63, 3.8) is 0 Å². The van der Waals surface area contributed by atoms with Crippen LogP contribution in [0.3, 0.4) is 0 Å². The topological polar surface area (TPSA) is 107 Å². The molecule has 2 amide bonds. The van der Waals surface area contributed by atoms with Gasteiger partial charge in [0.05, 0.1) is 11.4 Å². The van der Waals surface area contributed by atoms with Gasteiger partial charge in [-0.2, -0.15) is 13.2 Å². The van der Waals surface area contributed by atoms with Crippen molar-refractivity contribution in [3.8, 4) is 0 Å². The van der Waals surface area contributed by atoms with Gasteiger partial charge in [0.2, 0.25) is 5.91 Å². The standard InChI is InChI=1S/C21H17ClN4O2S.C2HF3O2/c22-15-2-1-13-8-19(29-18(13)9-15)21(28)26-6-5-25(20(27)12-26)11-16-7-14-10-23-4-3-17(14)24-16;3-2(4,5)1(6)7/h1-4,7-10,24H,5-6,11-12H2;(H,6,7). The van der Waals surface area contributed by atoms with Crippen LogP contribution in [0, 0.1) is 0 Å². The van der Waals surface area contributed by atoms with E-state index in [-0.39, 0.29) is 18.4 Å². The summed E-state index contributed by atoms with van der Waals surface area (Å²) in [6.07, 6.45) is -1.55. The highest BCUT2D eigenvalue weighted by Gasteiger charge is 2.38. The highest BCUT2D eigenvalue weighted by Crippen LogP contribution is 2.29. The summed E-state index contributed by atoms with van der Waals surface area (Å²) in [5.74, 6) is -2.91. The van der Waals surface area contributed by atoms with Gasteiger partial charge in [-0.25, -0.2) is 4.79 Å². The molecular formula is C23H18ClF3N4O4S. The number of carbonyl (C=O) groups is 3. The van der Waals surface area contributed by atoms with E-state index >= 15 is 0 Å². The van der Waals surface area contributed by atoms with Gasteiger partial charge in [0.25, 0.3) is 5.91 Å². The second-order valence-electron chi connectivity index (χ2n) is 7.90. The first-order valence-electron chi connectivity index (χ1n) is 10.5. The average molecular weight is 539 g/mol. The Bertz CT molecular complexity index is 1420. The minimum absolute atomic E-state index is 0.0504. The molecule has 1 saturated heterocycles. The van der Waals surface area contributed by atoms with E-state index < -0.39 is 12.1 Å². The first-order chi connectivity index (χ1) is 17.0. The predicted molar refractivity (Wildman–Crippen MR) is 128 cm³/mol. The monoisotopic (exact) mass is 538 g/mol. The fourth-order valence-corrected chi connectivity index (χ4v) is 4.95. The molecule has 13 heteroatoms. The number of fused-ring (bicyclic) bond motifs is 2. The lowest BCUT2D eigenvalue weighted by atomic mass is 10.2. The van der Waals surface area contributed by atoms with Crippen molar-refractivity contribution in [2.75, 3.05) is 19.6 Å². The summed E-state index contributed by atoms with van der Waals surface area (Å²) in [5, 5.41) is 9.78. The van der Waals surface area contributed by atoms with Crippen LogP contribution in [0.2, 0.25) is 5.02 Å². The van der Waals surface area contributed by atoms with Gasteiger partial charge in [0.15, 0.2) is 0 Å². The van der Waals surface area contributed by atoms with Gasteiger partial charge < -0.3 is 19.9 Å². The van der Waals surface area contributed by atoms with Crippen LogP contribution >= 0.6 is 22.9 Å². The molecule has 4 heterocycles. The number of nitrogens with zero attached hydrogens (tertiary/aromatic N) is 3. The summed E-state index contributed by atoms with van der Waals surface area (Å²) in [6, 6.07) is 11.4. The number of hydrogen-bond acceptors (Lipinski definition) is 5. The van der Waals surface area contributed by atoms with Crippen LogP contribution in [0.5, 0.6) is 0 Å². The average Bonchev–Trinajstić information content (AvgIpc) is 3.42. The number of carboxylic acid groups (broad SMARTS) is 1. The molecule has 1 aliphatic rings. The SMILES string of the molecule is O=C(O)C(F)(F)F.O=C1CN(C(=O)c2cc3ccc(Cl)cc3s2)CCN1Cc1cc2cnccc2[nH]1. The van der Waals surface area contributed by atoms with Gasteiger partial charge in [0.1, 0.15) is 6.54 Å². The number of alkyl halides is 3. The number of carbonyl (C=O) groups excluding carboxylic acids is 2. The number of aliphatic carboxylic acids is 1. The smallest absolute Gasteiger partial charge is 0.475 e. The lowest BCUT2D eigenvalue weighted by molar-refractivity contribution is -0.192. The summed E-state index contributed by atoms with van der Waals surface area (Å²) in [4.78, 5) is 45.9. The highest BCUT2D eigenvalue weighted by atomic mass is 35.5. The Morgan fingerprint density at radius 2 is 1.89 bits per heavy atom. The molecule has 36 heavy (non-hydrogen) atoms. The number of H-pyrrole nitrogens is 1. The van der Waals surface area contributed by atoms with Crippen molar-refractivity contribution in [1.82, 2.24) is 19.8 Å². The number of pyridine rings is 1. The molecule has 0 unspecified atom stereocenters. The normalized spacial score (nSPS) is 14.2. The first kappa shape index (κ1) is 25.5. The fourth-order valence-electron chi connectivity index (χ4n) is 3.64. The molecule has 2 N–H and O–H groups in total. The number of aromatic nitrogens is 2. The summed E-state index contributed by atoms with van der Waals surface area (Å²) < 4.78 is 32.7. The van der Waals surface area contributed by atoms with E-state index in [0.717, 1.165) is 26.7 Å². The highest BCUT2D eigenvalue weighted by molar-refractivity contribution is 7.20. The lowest BCUT2D eigenvalue weighted by Crippen LogP contribution is -2.51. The zero-order valence-electron chi connectivity index (χ0n) is 18.4. The van der Waals surface area contributed by atoms with Gasteiger partial charge in [0, 0.05) is 51.8 Å². The number of benzene rings is 1. The molecule has 0 radical (unpaired) electrons. The fraction of sp³-hybridized carbons (Fsp3) is 0.217. The predicted octanol–water partition coefficient (Wildman–Crippen LogP) is 4.55. The third-order valence-corrected chi connectivity index (χ3v) is 6.70. The number of hydrogen-bond donors (Lipinski definition) is 2. The second-order valence-corrected chi connectivity index (χ2v) is 9.42. The maximum atomic E-state index is 12.9. The zero-order chi connectivity index (χ0) is 26.0. The van der Waals surface area contributed by atoms with Crippen LogP contribution in [0.1, 0.15) is 15.4 Å². The number of nitrogens with one attached hydrogen (secondary N) is 1. The van der Waals surface area contributed by atoms with E-state index in [4.69, 9.17) is 21.5 Å². The molecule has 5 rings (SSSR count). The molecular weight excluding hydrogens is 521 g/mol. The third-order valence-electron chi connectivity index (χ3n) is 5.38. The molecule has 0 saturated carbocycles. The second kappa shape index (κ2) is 10.2. The van der Waals surface area contributed by atoms with Crippen LogP contribution < -0.4 is 0 Å². The van der Waals surface area contributed by atoms with E-state index in [1.807, 2.05) is 36.4 Å². The van der Waals surface area contributed by atoms with E-state index in [1.165, 1.54) is 11.3 Å². The number of thiophene rings is 1. The van der Waals surface area contributed by atoms with Crippen molar-refractivity contribution >= 4 is 61.7 Å². The van der Waals surface area contributed by atoms with E-state index in [1.54, 1.807) is 22.2 Å². The third kappa shape index (κ3) is 5.77. The molecule has 1 fully saturated rings. The molecule has 188 valence electrons. The minimum atomic E-state index is -5.08. The van der Waals surface area contributed by atoms with Gasteiger partial charge in [-0.15, -0.1) is 11.3 Å². The summed E-state index contributed by atoms with van der Waals surface area (Å²) in [5.41, 5.74) is 1.96. The van der Waals surface area contributed by atoms with E-state index in [0.29, 0.717) is 29.5 Å². The summed E-state index contributed by atoms with van der Waals surface area (Å²) in [7, 11) is 0. The van der Waals surface area contributed by atoms with Crippen molar-refractivity contribution in [2.24, 2.45) is 0 Å². The quantitative estimate of drug-likeness (QED) is 0.398. The van der Waals surface area contributed by atoms with Crippen LogP contribution in [-0.4, -0.2) is 68.5 Å². The number of halogens is 4. The molecule has 0 aliphatic carbocycles. The van der Waals surface area contributed by atoms with Gasteiger partial charge >= 0.3 is 12.1 Å². The van der Waals surface area contributed by atoms with Crippen LogP contribution in [0.25, 0.3) is 21.0 Å².